The van der Waals surface area contributed by atoms with Crippen LogP contribution >= 0.6 is 27.5 Å². The van der Waals surface area contributed by atoms with Crippen LogP contribution in [-0.4, -0.2) is 12.4 Å². The third-order valence-electron chi connectivity index (χ3n) is 3.74. The molecule has 0 aliphatic carbocycles. The maximum Gasteiger partial charge on any atom is 0.193 e. The quantitative estimate of drug-likeness (QED) is 0.700. The summed E-state index contributed by atoms with van der Waals surface area (Å²) in [5.74, 6) is 0.853. The van der Waals surface area contributed by atoms with Gasteiger partial charge in [0.05, 0.1) is 11.6 Å². The van der Waals surface area contributed by atoms with Gasteiger partial charge in [0.1, 0.15) is 5.75 Å². The molecule has 0 saturated heterocycles. The predicted molar refractivity (Wildman–Crippen MR) is 87.5 cm³/mol. The number of rotatable bonds is 2. The van der Waals surface area contributed by atoms with E-state index in [4.69, 9.17) is 16.3 Å². The van der Waals surface area contributed by atoms with Gasteiger partial charge in [0.25, 0.3) is 0 Å². The lowest BCUT2D eigenvalue weighted by molar-refractivity contribution is 0.103. The number of benzene rings is 2. The fourth-order valence-electron chi connectivity index (χ4n) is 2.47. The summed E-state index contributed by atoms with van der Waals surface area (Å²) in [5, 5.41) is 0.593. The van der Waals surface area contributed by atoms with Crippen molar-refractivity contribution in [3.63, 3.8) is 0 Å². The van der Waals surface area contributed by atoms with Crippen molar-refractivity contribution < 1.29 is 9.53 Å². The van der Waals surface area contributed by atoms with Crippen molar-refractivity contribution >= 4 is 33.3 Å². The van der Waals surface area contributed by atoms with E-state index in [1.54, 1.807) is 18.2 Å². The van der Waals surface area contributed by atoms with Crippen LogP contribution in [0, 0.1) is 0 Å². The summed E-state index contributed by atoms with van der Waals surface area (Å²) in [7, 11) is 0. The fraction of sp³-hybridized carbons (Fsp3) is 0.235. The molecule has 4 heteroatoms. The normalized spacial score (nSPS) is 15.4. The van der Waals surface area contributed by atoms with E-state index in [2.05, 4.69) is 29.8 Å². The highest BCUT2D eigenvalue weighted by molar-refractivity contribution is 9.10. The lowest BCUT2D eigenvalue weighted by Gasteiger charge is -2.15. The van der Waals surface area contributed by atoms with E-state index in [1.807, 2.05) is 18.2 Å². The lowest BCUT2D eigenvalue weighted by atomic mass is 9.85. The molecule has 0 unspecified atom stereocenters. The van der Waals surface area contributed by atoms with Crippen molar-refractivity contribution in [2.24, 2.45) is 0 Å². The molecule has 2 nitrogen and oxygen atoms in total. The summed E-state index contributed by atoms with van der Waals surface area (Å²) in [6.45, 7) is 4.88. The Hall–Kier alpha value is -1.32. The van der Waals surface area contributed by atoms with Crippen molar-refractivity contribution in [2.75, 3.05) is 6.61 Å². The van der Waals surface area contributed by atoms with E-state index in [0.717, 1.165) is 15.8 Å². The molecule has 1 aliphatic heterocycles. The molecule has 108 valence electrons. The number of fused-ring (bicyclic) bond motifs is 1. The summed E-state index contributed by atoms with van der Waals surface area (Å²) in [6.07, 6.45) is 0. The van der Waals surface area contributed by atoms with Crippen molar-refractivity contribution in [1.82, 2.24) is 0 Å². The Kier molecular flexibility index (Phi) is 3.58. The first kappa shape index (κ1) is 14.6. The van der Waals surface area contributed by atoms with Gasteiger partial charge in [-0.2, -0.15) is 0 Å². The van der Waals surface area contributed by atoms with Crippen LogP contribution in [0.1, 0.15) is 35.3 Å². The van der Waals surface area contributed by atoms with Gasteiger partial charge in [0, 0.05) is 26.6 Å². The molecule has 0 spiro atoms. The van der Waals surface area contributed by atoms with E-state index in [9.17, 15) is 4.79 Å². The summed E-state index contributed by atoms with van der Waals surface area (Å²) >= 11 is 9.32. The van der Waals surface area contributed by atoms with E-state index in [-0.39, 0.29) is 11.2 Å². The number of ether oxygens (including phenoxy) is 1. The van der Waals surface area contributed by atoms with Crippen molar-refractivity contribution in [3.05, 3.63) is 62.6 Å². The Bertz CT molecular complexity index is 738. The molecule has 0 N–H and O–H groups in total. The largest absolute Gasteiger partial charge is 0.492 e. The minimum atomic E-state index is -0.0633. The topological polar surface area (TPSA) is 26.3 Å². The highest BCUT2D eigenvalue weighted by Crippen LogP contribution is 2.39. The molecule has 1 aliphatic rings. The molecule has 0 radical (unpaired) electrons. The van der Waals surface area contributed by atoms with Crippen LogP contribution in [0.5, 0.6) is 5.75 Å². The number of hydrogen-bond donors (Lipinski definition) is 0. The first-order chi connectivity index (χ1) is 9.88. The van der Waals surface area contributed by atoms with Crippen molar-refractivity contribution in [2.45, 2.75) is 19.3 Å². The van der Waals surface area contributed by atoms with Gasteiger partial charge in [-0.25, -0.2) is 0 Å². The zero-order valence-corrected chi connectivity index (χ0v) is 14.1. The molecule has 0 fully saturated rings. The Morgan fingerprint density at radius 1 is 1.19 bits per heavy atom. The van der Waals surface area contributed by atoms with Crippen LogP contribution in [0.25, 0.3) is 0 Å². The van der Waals surface area contributed by atoms with Crippen molar-refractivity contribution in [1.29, 1.82) is 0 Å². The molecule has 1 heterocycles. The van der Waals surface area contributed by atoms with E-state index >= 15 is 0 Å². The first-order valence-electron chi connectivity index (χ1n) is 6.65. The van der Waals surface area contributed by atoms with Crippen LogP contribution in [0.2, 0.25) is 5.02 Å². The number of ketones is 1. The van der Waals surface area contributed by atoms with Gasteiger partial charge < -0.3 is 4.74 Å². The predicted octanol–water partition coefficient (Wildman–Crippen LogP) is 5.00. The second-order valence-electron chi connectivity index (χ2n) is 5.84. The van der Waals surface area contributed by atoms with Gasteiger partial charge >= 0.3 is 0 Å². The molecule has 2 aromatic rings. The number of halogens is 2. The second-order valence-corrected chi connectivity index (χ2v) is 7.10. The molecule has 3 rings (SSSR count). The third-order valence-corrected chi connectivity index (χ3v) is 4.96. The molecule has 0 atom stereocenters. The highest BCUT2D eigenvalue weighted by atomic mass is 79.9. The number of carbonyl (C=O) groups is 1. The Morgan fingerprint density at radius 3 is 2.57 bits per heavy atom. The molecule has 0 bridgehead atoms. The van der Waals surface area contributed by atoms with Crippen LogP contribution in [0.15, 0.2) is 40.9 Å². The molecule has 0 saturated carbocycles. The maximum absolute atomic E-state index is 12.6. The summed E-state index contributed by atoms with van der Waals surface area (Å²) < 4.78 is 6.37. The van der Waals surface area contributed by atoms with Gasteiger partial charge in [0.2, 0.25) is 0 Å². The van der Waals surface area contributed by atoms with Gasteiger partial charge in [-0.15, -0.1) is 0 Å². The minimum absolute atomic E-state index is 0.0159. The lowest BCUT2D eigenvalue weighted by Crippen LogP contribution is -2.18. The third kappa shape index (κ3) is 2.60. The standard InChI is InChI=1S/C17H14BrClO2/c1-17(2)9-21-15-6-4-10(7-12(15)17)16(20)11-3-5-14(19)13(18)8-11/h3-8H,9H2,1-2H3. The smallest absolute Gasteiger partial charge is 0.193 e. The van der Waals surface area contributed by atoms with Gasteiger partial charge in [-0.3, -0.25) is 4.79 Å². The van der Waals surface area contributed by atoms with Crippen LogP contribution in [0.3, 0.4) is 0 Å². The first-order valence-corrected chi connectivity index (χ1v) is 7.83. The number of carbonyl (C=O) groups excluding carboxylic acids is 1. The average Bonchev–Trinajstić information content (AvgIpc) is 2.76. The van der Waals surface area contributed by atoms with Crippen molar-refractivity contribution in [3.8, 4) is 5.75 Å². The number of hydrogen-bond acceptors (Lipinski definition) is 2. The molecular formula is C17H14BrClO2. The van der Waals surface area contributed by atoms with E-state index in [1.165, 1.54) is 0 Å². The molecule has 21 heavy (non-hydrogen) atoms. The van der Waals surface area contributed by atoms with E-state index < -0.39 is 0 Å². The summed E-state index contributed by atoms with van der Waals surface area (Å²) in [5.41, 5.74) is 2.30. The van der Waals surface area contributed by atoms with Crippen LogP contribution in [0.4, 0.5) is 0 Å². The molecular weight excluding hydrogens is 352 g/mol. The molecule has 0 amide bonds. The van der Waals surface area contributed by atoms with Gasteiger partial charge in [-0.05, 0) is 52.3 Å². The fourth-order valence-corrected chi connectivity index (χ4v) is 2.96. The average molecular weight is 366 g/mol. The molecule has 0 aromatic heterocycles. The van der Waals surface area contributed by atoms with Gasteiger partial charge in [0.15, 0.2) is 5.78 Å². The SMILES string of the molecule is CC1(C)COc2ccc(C(=O)c3ccc(Cl)c(Br)c3)cc21. The zero-order chi connectivity index (χ0) is 15.2. The maximum atomic E-state index is 12.6. The Morgan fingerprint density at radius 2 is 1.86 bits per heavy atom. The minimum Gasteiger partial charge on any atom is -0.492 e. The molecule has 2 aromatic carbocycles. The van der Waals surface area contributed by atoms with E-state index in [0.29, 0.717) is 22.8 Å². The summed E-state index contributed by atoms with van der Waals surface area (Å²) in [6, 6.07) is 10.8. The highest BCUT2D eigenvalue weighted by Gasteiger charge is 2.32. The summed E-state index contributed by atoms with van der Waals surface area (Å²) in [4.78, 5) is 12.6. The monoisotopic (exact) mass is 364 g/mol. The Balaban J connectivity index is 2.01. The Labute approximate surface area is 137 Å². The zero-order valence-electron chi connectivity index (χ0n) is 11.7. The van der Waals surface area contributed by atoms with Crippen LogP contribution < -0.4 is 4.74 Å². The van der Waals surface area contributed by atoms with Crippen LogP contribution in [-0.2, 0) is 5.41 Å². The van der Waals surface area contributed by atoms with Gasteiger partial charge in [-0.1, -0.05) is 25.4 Å². The second kappa shape index (κ2) is 5.15.